The molecule has 2 N–H and O–H groups in total. The highest BCUT2D eigenvalue weighted by molar-refractivity contribution is 4.92. The molecule has 0 aromatic rings. The Kier molecular flexibility index (Phi) is 6.03. The summed E-state index contributed by atoms with van der Waals surface area (Å²) in [7, 11) is 1.72. The zero-order valence-corrected chi connectivity index (χ0v) is 8.47. The van der Waals surface area contributed by atoms with Gasteiger partial charge in [-0.25, -0.2) is 0 Å². The van der Waals surface area contributed by atoms with Crippen LogP contribution in [0, 0.1) is 5.92 Å². The number of hydrogen-bond acceptors (Lipinski definition) is 2. The first-order valence-corrected chi connectivity index (χ1v) is 4.45. The van der Waals surface area contributed by atoms with Crippen LogP contribution in [-0.4, -0.2) is 19.8 Å². The number of nitrogens with two attached hydrogens (primary N) is 1. The van der Waals surface area contributed by atoms with E-state index < -0.39 is 0 Å². The van der Waals surface area contributed by atoms with Crippen LogP contribution in [0.2, 0.25) is 0 Å². The van der Waals surface area contributed by atoms with E-state index in [2.05, 4.69) is 13.5 Å². The van der Waals surface area contributed by atoms with Gasteiger partial charge in [0.05, 0.1) is 0 Å². The minimum Gasteiger partial charge on any atom is -0.384 e. The Balaban J connectivity index is 3.53. The molecule has 2 atom stereocenters. The molecule has 0 aliphatic heterocycles. The van der Waals surface area contributed by atoms with Gasteiger partial charge in [0.15, 0.2) is 0 Å². The van der Waals surface area contributed by atoms with Crippen molar-refractivity contribution in [2.75, 3.05) is 13.7 Å². The van der Waals surface area contributed by atoms with Crippen LogP contribution in [0.25, 0.3) is 0 Å². The van der Waals surface area contributed by atoms with E-state index in [1.807, 2.05) is 6.92 Å². The highest BCUT2D eigenvalue weighted by Crippen LogP contribution is 2.10. The molecule has 2 nitrogen and oxygen atoms in total. The van der Waals surface area contributed by atoms with Crippen LogP contribution in [0.4, 0.5) is 0 Å². The Morgan fingerprint density at radius 1 is 1.58 bits per heavy atom. The summed E-state index contributed by atoms with van der Waals surface area (Å²) in [4.78, 5) is 0. The Hall–Kier alpha value is -0.340. The summed E-state index contributed by atoms with van der Waals surface area (Å²) in [6.07, 6.45) is 1.94. The lowest BCUT2D eigenvalue weighted by molar-refractivity contribution is 0.152. The molecular weight excluding hydrogens is 150 g/mol. The largest absolute Gasteiger partial charge is 0.384 e. The molecule has 72 valence electrons. The minimum atomic E-state index is 0.243. The van der Waals surface area contributed by atoms with Gasteiger partial charge >= 0.3 is 0 Å². The molecule has 2 unspecified atom stereocenters. The van der Waals surface area contributed by atoms with Crippen molar-refractivity contribution in [2.24, 2.45) is 11.7 Å². The quantitative estimate of drug-likeness (QED) is 0.620. The predicted molar refractivity (Wildman–Crippen MR) is 53.1 cm³/mol. The van der Waals surface area contributed by atoms with Crippen molar-refractivity contribution >= 4 is 0 Å². The normalized spacial score (nSPS) is 15.7. The van der Waals surface area contributed by atoms with Gasteiger partial charge in [-0.1, -0.05) is 12.5 Å². The first kappa shape index (κ1) is 11.7. The predicted octanol–water partition coefficient (Wildman–Crippen LogP) is 1.95. The van der Waals surface area contributed by atoms with E-state index in [1.165, 1.54) is 0 Å². The SMILES string of the molecule is C=C(C)CC(N)CC(C)COC. The summed E-state index contributed by atoms with van der Waals surface area (Å²) in [6, 6.07) is 0.243. The van der Waals surface area contributed by atoms with E-state index in [1.54, 1.807) is 7.11 Å². The third-order valence-corrected chi connectivity index (χ3v) is 1.77. The van der Waals surface area contributed by atoms with E-state index >= 15 is 0 Å². The molecule has 0 rings (SSSR count). The summed E-state index contributed by atoms with van der Waals surface area (Å²) in [5.41, 5.74) is 7.05. The highest BCUT2D eigenvalue weighted by Gasteiger charge is 2.08. The first-order chi connectivity index (χ1) is 5.56. The fourth-order valence-corrected chi connectivity index (χ4v) is 1.40. The molecule has 2 heteroatoms. The number of hydrogen-bond donors (Lipinski definition) is 1. The van der Waals surface area contributed by atoms with Gasteiger partial charge in [0.1, 0.15) is 0 Å². The average molecular weight is 171 g/mol. The lowest BCUT2D eigenvalue weighted by Gasteiger charge is -2.16. The van der Waals surface area contributed by atoms with Gasteiger partial charge in [-0.05, 0) is 25.7 Å². The molecule has 0 spiro atoms. The van der Waals surface area contributed by atoms with Gasteiger partial charge in [0.25, 0.3) is 0 Å². The first-order valence-electron chi connectivity index (χ1n) is 4.45. The van der Waals surface area contributed by atoms with E-state index in [9.17, 15) is 0 Å². The Bertz CT molecular complexity index is 134. The van der Waals surface area contributed by atoms with Crippen LogP contribution < -0.4 is 5.73 Å². The maximum Gasteiger partial charge on any atom is 0.0488 e. The summed E-state index contributed by atoms with van der Waals surface area (Å²) >= 11 is 0. The summed E-state index contributed by atoms with van der Waals surface area (Å²) in [5, 5.41) is 0. The van der Waals surface area contributed by atoms with Crippen molar-refractivity contribution < 1.29 is 4.74 Å². The molecule has 0 radical (unpaired) electrons. The molecule has 12 heavy (non-hydrogen) atoms. The van der Waals surface area contributed by atoms with Crippen LogP contribution in [0.3, 0.4) is 0 Å². The fourth-order valence-electron chi connectivity index (χ4n) is 1.40. The van der Waals surface area contributed by atoms with Crippen molar-refractivity contribution in [1.82, 2.24) is 0 Å². The highest BCUT2D eigenvalue weighted by atomic mass is 16.5. The van der Waals surface area contributed by atoms with Crippen LogP contribution >= 0.6 is 0 Å². The van der Waals surface area contributed by atoms with Gasteiger partial charge in [-0.15, -0.1) is 6.58 Å². The monoisotopic (exact) mass is 171 g/mol. The molecule has 0 saturated carbocycles. The van der Waals surface area contributed by atoms with E-state index in [4.69, 9.17) is 10.5 Å². The number of methoxy groups -OCH3 is 1. The molecule has 0 aromatic carbocycles. The third-order valence-electron chi connectivity index (χ3n) is 1.77. The average Bonchev–Trinajstić information content (AvgIpc) is 1.84. The molecule has 0 aromatic heterocycles. The standard InChI is InChI=1S/C10H21NO/c1-8(2)5-10(11)6-9(3)7-12-4/h9-10H,1,5-7,11H2,2-4H3. The van der Waals surface area contributed by atoms with Gasteiger partial charge < -0.3 is 10.5 Å². The molecule has 0 saturated heterocycles. The van der Waals surface area contributed by atoms with Crippen molar-refractivity contribution in [3.05, 3.63) is 12.2 Å². The Morgan fingerprint density at radius 2 is 2.17 bits per heavy atom. The van der Waals surface area contributed by atoms with Crippen LogP contribution in [0.1, 0.15) is 26.7 Å². The Labute approximate surface area is 75.8 Å². The van der Waals surface area contributed by atoms with Crippen molar-refractivity contribution in [2.45, 2.75) is 32.7 Å². The molecular formula is C10H21NO. The number of rotatable bonds is 6. The lowest BCUT2D eigenvalue weighted by atomic mass is 9.98. The topological polar surface area (TPSA) is 35.2 Å². The molecule has 0 fully saturated rings. The van der Waals surface area contributed by atoms with Gasteiger partial charge in [0.2, 0.25) is 0 Å². The summed E-state index contributed by atoms with van der Waals surface area (Å²) in [6.45, 7) is 8.80. The molecule has 0 heterocycles. The molecule has 0 aliphatic rings. The van der Waals surface area contributed by atoms with E-state index in [0.717, 1.165) is 25.0 Å². The van der Waals surface area contributed by atoms with Crippen LogP contribution in [0.15, 0.2) is 12.2 Å². The van der Waals surface area contributed by atoms with E-state index in [-0.39, 0.29) is 6.04 Å². The van der Waals surface area contributed by atoms with Crippen molar-refractivity contribution in [3.63, 3.8) is 0 Å². The zero-order valence-electron chi connectivity index (χ0n) is 8.47. The third kappa shape index (κ3) is 6.38. The lowest BCUT2D eigenvalue weighted by Crippen LogP contribution is -2.24. The smallest absolute Gasteiger partial charge is 0.0488 e. The fraction of sp³-hybridized carbons (Fsp3) is 0.800. The van der Waals surface area contributed by atoms with E-state index in [0.29, 0.717) is 5.92 Å². The maximum absolute atomic E-state index is 5.89. The summed E-state index contributed by atoms with van der Waals surface area (Å²) < 4.78 is 5.03. The van der Waals surface area contributed by atoms with Crippen molar-refractivity contribution in [1.29, 1.82) is 0 Å². The van der Waals surface area contributed by atoms with Gasteiger partial charge in [-0.3, -0.25) is 0 Å². The molecule has 0 amide bonds. The molecule has 0 bridgehead atoms. The number of ether oxygens (including phenoxy) is 1. The molecule has 0 aliphatic carbocycles. The van der Waals surface area contributed by atoms with Crippen LogP contribution in [-0.2, 0) is 4.74 Å². The Morgan fingerprint density at radius 3 is 2.58 bits per heavy atom. The second-order valence-electron chi connectivity index (χ2n) is 3.72. The van der Waals surface area contributed by atoms with Crippen LogP contribution in [0.5, 0.6) is 0 Å². The zero-order chi connectivity index (χ0) is 9.56. The minimum absolute atomic E-state index is 0.243. The van der Waals surface area contributed by atoms with Crippen molar-refractivity contribution in [3.8, 4) is 0 Å². The van der Waals surface area contributed by atoms with Gasteiger partial charge in [0, 0.05) is 19.8 Å². The second-order valence-corrected chi connectivity index (χ2v) is 3.72. The maximum atomic E-state index is 5.89. The van der Waals surface area contributed by atoms with Gasteiger partial charge in [-0.2, -0.15) is 0 Å². The summed E-state index contributed by atoms with van der Waals surface area (Å²) in [5.74, 6) is 0.546. The second kappa shape index (κ2) is 6.21.